The molecule has 6 amide bonds. The van der Waals surface area contributed by atoms with Crippen molar-refractivity contribution in [2.45, 2.75) is 158 Å². The highest BCUT2D eigenvalue weighted by atomic mass is 32.1. The maximum Gasteiger partial charge on any atom is 0.228 e. The predicted octanol–water partition coefficient (Wildman–Crippen LogP) is 7.85. The largest absolute Gasteiger partial charge is 0.396 e. The van der Waals surface area contributed by atoms with Gasteiger partial charge in [0.2, 0.25) is 35.4 Å². The van der Waals surface area contributed by atoms with Gasteiger partial charge in [0.25, 0.3) is 0 Å². The molecule has 0 aromatic carbocycles. The van der Waals surface area contributed by atoms with Crippen LogP contribution in [0.2, 0.25) is 0 Å². The van der Waals surface area contributed by atoms with Crippen LogP contribution >= 0.6 is 12.6 Å². The minimum Gasteiger partial charge on any atom is -0.396 e. The first-order valence-electron chi connectivity index (χ1n) is 21.6. The van der Waals surface area contributed by atoms with Crippen molar-refractivity contribution < 1.29 is 39.0 Å². The number of hydrogen-bond acceptors (Lipinski definition) is 9. The molecule has 5 unspecified atom stereocenters. The van der Waals surface area contributed by atoms with Crippen LogP contribution in [0.15, 0.2) is 0 Å². The first kappa shape index (κ1) is 79.2. The third kappa shape index (κ3) is 37.8. The van der Waals surface area contributed by atoms with Gasteiger partial charge < -0.3 is 40.4 Å². The molecule has 65 heavy (non-hydrogen) atoms. The van der Waals surface area contributed by atoms with Crippen LogP contribution in [0.5, 0.6) is 0 Å². The molecule has 14 nitrogen and oxygen atoms in total. The minimum absolute atomic E-state index is 0. The first-order valence-corrected chi connectivity index (χ1v) is 22.2. The summed E-state index contributed by atoms with van der Waals surface area (Å²) in [5, 5.41) is 23.8. The molecule has 394 valence electrons. The van der Waals surface area contributed by atoms with Crippen molar-refractivity contribution in [3.8, 4) is 0 Å². The highest BCUT2D eigenvalue weighted by Crippen LogP contribution is 2.31. The van der Waals surface area contributed by atoms with E-state index in [2.05, 4.69) is 64.8 Å². The summed E-state index contributed by atoms with van der Waals surface area (Å²) in [5.74, 6) is 0.197. The second-order valence-corrected chi connectivity index (χ2v) is 22.6. The quantitative estimate of drug-likeness (QED) is 0.130. The summed E-state index contributed by atoms with van der Waals surface area (Å²) in [6, 6.07) is 0. The van der Waals surface area contributed by atoms with Crippen molar-refractivity contribution in [1.82, 2.24) is 30.2 Å². The number of carbonyl (C=O) groups is 6. The summed E-state index contributed by atoms with van der Waals surface area (Å²) >= 11 is 4.20. The van der Waals surface area contributed by atoms with E-state index >= 15 is 0 Å². The van der Waals surface area contributed by atoms with Gasteiger partial charge in [-0.1, -0.05) is 126 Å². The zero-order valence-corrected chi connectivity index (χ0v) is 45.4. The number of nitrogens with zero attached hydrogens (tertiary/aromatic N) is 4. The highest BCUT2D eigenvalue weighted by Gasteiger charge is 2.36. The van der Waals surface area contributed by atoms with Gasteiger partial charge in [-0.2, -0.15) is 12.6 Å². The lowest BCUT2D eigenvalue weighted by atomic mass is 9.77. The number of rotatable bonds is 11. The SMILES string of the molecule is C.C.C.CC(O)C(C(=O)N(C)C)C(C)(C)C.CN(C)C(=O)C(CO)C(C)(C)C.CN(C)C(=O)C(CS)C(C)(C)C.CN(C)C(=O)CC(C)(C)C.CNC(=O)CCC(C(=O)NC)C(C)(C)C. The Hall–Kier alpha value is -2.91. The molecule has 0 radical (unpaired) electrons. The van der Waals surface area contributed by atoms with Crippen LogP contribution in [0.3, 0.4) is 0 Å². The van der Waals surface area contributed by atoms with Crippen molar-refractivity contribution in [3.63, 3.8) is 0 Å². The Kier molecular flexibility index (Phi) is 43.0. The molecule has 0 spiro atoms. The highest BCUT2D eigenvalue weighted by molar-refractivity contribution is 7.80. The third-order valence-electron chi connectivity index (χ3n) is 9.78. The molecule has 0 aliphatic heterocycles. The van der Waals surface area contributed by atoms with Gasteiger partial charge in [0, 0.05) is 95.0 Å². The molecule has 0 fully saturated rings. The van der Waals surface area contributed by atoms with Gasteiger partial charge in [-0.3, -0.25) is 28.8 Å². The van der Waals surface area contributed by atoms with E-state index in [0.717, 1.165) is 0 Å². The predicted molar refractivity (Wildman–Crippen MR) is 281 cm³/mol. The van der Waals surface area contributed by atoms with Crippen LogP contribution in [0.25, 0.3) is 0 Å². The fraction of sp³-hybridized carbons (Fsp3) is 0.880. The third-order valence-corrected chi connectivity index (χ3v) is 10.1. The van der Waals surface area contributed by atoms with Crippen LogP contribution < -0.4 is 10.6 Å². The molecule has 0 saturated heterocycles. The summed E-state index contributed by atoms with van der Waals surface area (Å²) in [7, 11) is 17.2. The molecule has 0 heterocycles. The Morgan fingerprint density at radius 1 is 0.538 bits per heavy atom. The molecule has 0 aromatic heterocycles. The fourth-order valence-electron chi connectivity index (χ4n) is 5.79. The molecule has 0 aliphatic rings. The van der Waals surface area contributed by atoms with Crippen LogP contribution in [0.1, 0.15) is 152 Å². The van der Waals surface area contributed by atoms with Crippen LogP contribution in [-0.2, 0) is 28.8 Å². The molecule has 15 heteroatoms. The monoisotopic (exact) mass is 955 g/mol. The Bertz CT molecular complexity index is 1280. The fourth-order valence-corrected chi connectivity index (χ4v) is 6.49. The van der Waals surface area contributed by atoms with Crippen molar-refractivity contribution in [3.05, 3.63) is 0 Å². The Labute approximate surface area is 408 Å². The summed E-state index contributed by atoms with van der Waals surface area (Å²) in [4.78, 5) is 74.9. The van der Waals surface area contributed by atoms with Gasteiger partial charge in [-0.25, -0.2) is 0 Å². The van der Waals surface area contributed by atoms with Gasteiger partial charge in [0.1, 0.15) is 0 Å². The van der Waals surface area contributed by atoms with E-state index in [0.29, 0.717) is 25.0 Å². The summed E-state index contributed by atoms with van der Waals surface area (Å²) < 4.78 is 0. The molecule has 0 aromatic rings. The lowest BCUT2D eigenvalue weighted by molar-refractivity contribution is -0.141. The molecule has 0 aliphatic carbocycles. The molecule has 5 atom stereocenters. The first-order chi connectivity index (χ1) is 27.4. The van der Waals surface area contributed by atoms with Gasteiger partial charge in [-0.05, 0) is 40.4 Å². The maximum atomic E-state index is 11.7. The molecular weight excluding hydrogens is 845 g/mol. The van der Waals surface area contributed by atoms with E-state index in [1.807, 2.05) is 62.3 Å². The van der Waals surface area contributed by atoms with E-state index in [9.17, 15) is 33.9 Å². The topological polar surface area (TPSA) is 180 Å². The number of thiol groups is 1. The number of aliphatic hydroxyl groups is 2. The lowest BCUT2D eigenvalue weighted by Crippen LogP contribution is -2.43. The van der Waals surface area contributed by atoms with E-state index in [4.69, 9.17) is 5.11 Å². The van der Waals surface area contributed by atoms with Crippen LogP contribution in [0.4, 0.5) is 0 Å². The average molecular weight is 956 g/mol. The summed E-state index contributed by atoms with van der Waals surface area (Å²) in [6.45, 7) is 31.8. The molecule has 0 rings (SSSR count). The Balaban J connectivity index is -0.000000104. The van der Waals surface area contributed by atoms with E-state index < -0.39 is 6.10 Å². The van der Waals surface area contributed by atoms with Crippen molar-refractivity contribution in [2.75, 3.05) is 82.8 Å². The Morgan fingerprint density at radius 2 is 0.877 bits per heavy atom. The minimum atomic E-state index is -0.602. The summed E-state index contributed by atoms with van der Waals surface area (Å²) in [5.41, 5.74) is -0.371. The number of hydrogen-bond donors (Lipinski definition) is 5. The van der Waals surface area contributed by atoms with Gasteiger partial charge in [0.15, 0.2) is 0 Å². The molecule has 0 saturated carbocycles. The molecular formula is C50H110N6O8S. The van der Waals surface area contributed by atoms with E-state index in [-0.39, 0.29) is 115 Å². The van der Waals surface area contributed by atoms with Gasteiger partial charge in [0.05, 0.1) is 30.5 Å². The van der Waals surface area contributed by atoms with Crippen molar-refractivity contribution >= 4 is 48.1 Å². The van der Waals surface area contributed by atoms with E-state index in [1.165, 1.54) is 9.80 Å². The van der Waals surface area contributed by atoms with Gasteiger partial charge in [-0.15, -0.1) is 0 Å². The smallest absolute Gasteiger partial charge is 0.228 e. The molecule has 0 bridgehead atoms. The number of aliphatic hydroxyl groups excluding tert-OH is 2. The van der Waals surface area contributed by atoms with Gasteiger partial charge >= 0.3 is 0 Å². The molecule has 4 N–H and O–H groups in total. The van der Waals surface area contributed by atoms with E-state index in [1.54, 1.807) is 87.2 Å². The van der Waals surface area contributed by atoms with Crippen molar-refractivity contribution in [2.24, 2.45) is 50.7 Å². The number of carbonyl (C=O) groups excluding carboxylic acids is 6. The average Bonchev–Trinajstić information content (AvgIpc) is 3.06. The summed E-state index contributed by atoms with van der Waals surface area (Å²) in [6.07, 6.45) is 1.00. The second kappa shape index (κ2) is 35.3. The zero-order valence-electron chi connectivity index (χ0n) is 44.5. The van der Waals surface area contributed by atoms with Crippen molar-refractivity contribution in [1.29, 1.82) is 0 Å². The Morgan fingerprint density at radius 3 is 1.02 bits per heavy atom. The van der Waals surface area contributed by atoms with Crippen LogP contribution in [-0.4, -0.2) is 154 Å². The lowest BCUT2D eigenvalue weighted by Gasteiger charge is -2.33. The zero-order chi connectivity index (χ0) is 51.1. The number of nitrogens with one attached hydrogen (secondary N) is 2. The number of amides is 6. The standard InChI is InChI=1S/C11H22N2O2.C10H21NO2.C9H19NO2.C9H19NOS.C8H17NO.3CH4/c1-11(2,3)8(10(15)13-5)6-7-9(14)12-4;1-7(12)8(10(2,3)4)9(13)11(5)6;1-9(2,3)7(6-11)8(12)10(4)5;1-9(2,3)7(6-12)8(11)10(4)5;1-8(2,3)6-7(10)9(4)5;;;/h8H,6-7H2,1-5H3,(H,12,14)(H,13,15);7-8,12H,1-6H3;7,11H,6H2,1-5H3;7,12H,6H2,1-5H3;6H2,1-5H3;3*1H4. The normalized spacial score (nSPS) is 13.3. The maximum absolute atomic E-state index is 11.7. The van der Waals surface area contributed by atoms with Crippen LogP contribution in [0, 0.1) is 50.7 Å². The second-order valence-electron chi connectivity index (χ2n) is 22.3.